The number of methoxy groups -OCH3 is 2. The van der Waals surface area contributed by atoms with Crippen LogP contribution in [0.15, 0.2) is 30.5 Å². The number of nitro groups is 2. The Morgan fingerprint density at radius 3 is 2.07 bits per heavy atom. The van der Waals surface area contributed by atoms with Crippen molar-refractivity contribution in [2.75, 3.05) is 27.4 Å². The lowest BCUT2D eigenvalue weighted by molar-refractivity contribution is -0.385. The zero-order valence-electron chi connectivity index (χ0n) is 15.7. The molecule has 0 saturated heterocycles. The largest absolute Gasteiger partial charge is 0.490 e. The van der Waals surface area contributed by atoms with Gasteiger partial charge in [-0.25, -0.2) is 14.6 Å². The number of ether oxygens (including phenoxy) is 4. The van der Waals surface area contributed by atoms with Crippen molar-refractivity contribution >= 4 is 23.3 Å². The van der Waals surface area contributed by atoms with Crippen molar-refractivity contribution in [3.63, 3.8) is 0 Å². The van der Waals surface area contributed by atoms with Crippen LogP contribution in [0.1, 0.15) is 20.8 Å². The van der Waals surface area contributed by atoms with Gasteiger partial charge in [-0.2, -0.15) is 0 Å². The Kier molecular flexibility index (Phi) is 7.16. The molecule has 1 heterocycles. The first-order valence-corrected chi connectivity index (χ1v) is 8.13. The van der Waals surface area contributed by atoms with Gasteiger partial charge < -0.3 is 18.9 Å². The van der Waals surface area contributed by atoms with Crippen molar-refractivity contribution in [3.8, 4) is 11.5 Å². The van der Waals surface area contributed by atoms with Gasteiger partial charge in [-0.05, 0) is 6.07 Å². The predicted molar refractivity (Wildman–Crippen MR) is 97.7 cm³/mol. The van der Waals surface area contributed by atoms with E-state index in [2.05, 4.69) is 14.5 Å². The summed E-state index contributed by atoms with van der Waals surface area (Å²) in [4.78, 5) is 47.4. The number of hydrogen-bond acceptors (Lipinski definition) is 11. The number of esters is 2. The summed E-state index contributed by atoms with van der Waals surface area (Å²) in [5.41, 5.74) is -1.76. The highest BCUT2D eigenvalue weighted by Crippen LogP contribution is 2.25. The Hall–Kier alpha value is -4.29. The molecular formula is C17H15N3O10. The molecule has 0 spiro atoms. The van der Waals surface area contributed by atoms with Gasteiger partial charge in [0.15, 0.2) is 0 Å². The number of nitro benzene ring substituents is 1. The highest BCUT2D eigenvalue weighted by atomic mass is 16.6. The third-order valence-electron chi connectivity index (χ3n) is 3.61. The molecule has 0 unspecified atom stereocenters. The maximum atomic E-state index is 11.7. The van der Waals surface area contributed by atoms with Gasteiger partial charge in [0, 0.05) is 12.1 Å². The van der Waals surface area contributed by atoms with Crippen molar-refractivity contribution in [1.82, 2.24) is 4.98 Å². The molecule has 2 aromatic rings. The fraction of sp³-hybridized carbons (Fsp3) is 0.235. The maximum Gasteiger partial charge on any atom is 0.363 e. The lowest BCUT2D eigenvalue weighted by atomic mass is 10.1. The first-order chi connectivity index (χ1) is 14.3. The van der Waals surface area contributed by atoms with Crippen LogP contribution in [0.5, 0.6) is 11.5 Å². The van der Waals surface area contributed by atoms with E-state index >= 15 is 0 Å². The molecule has 13 heteroatoms. The van der Waals surface area contributed by atoms with Crippen molar-refractivity contribution in [1.29, 1.82) is 0 Å². The number of nitrogens with zero attached hydrogens (tertiary/aromatic N) is 3. The maximum absolute atomic E-state index is 11.7. The van der Waals surface area contributed by atoms with Crippen LogP contribution in [0.25, 0.3) is 0 Å². The minimum Gasteiger partial charge on any atom is -0.490 e. The number of pyridine rings is 1. The molecule has 30 heavy (non-hydrogen) atoms. The van der Waals surface area contributed by atoms with E-state index in [1.807, 2.05) is 0 Å². The third kappa shape index (κ3) is 5.15. The predicted octanol–water partition coefficient (Wildman–Crippen LogP) is 1.93. The van der Waals surface area contributed by atoms with Crippen LogP contribution < -0.4 is 9.47 Å². The van der Waals surface area contributed by atoms with E-state index in [4.69, 9.17) is 9.47 Å². The molecule has 0 N–H and O–H groups in total. The molecule has 0 saturated carbocycles. The van der Waals surface area contributed by atoms with Gasteiger partial charge in [-0.3, -0.25) is 20.2 Å². The van der Waals surface area contributed by atoms with Gasteiger partial charge in [0.2, 0.25) is 5.69 Å². The third-order valence-corrected chi connectivity index (χ3v) is 3.61. The molecule has 1 aromatic carbocycles. The fourth-order valence-electron chi connectivity index (χ4n) is 2.26. The lowest BCUT2D eigenvalue weighted by Crippen LogP contribution is -2.12. The zero-order chi connectivity index (χ0) is 22.3. The van der Waals surface area contributed by atoms with Crippen molar-refractivity contribution in [2.24, 2.45) is 0 Å². The number of carbonyl (C=O) groups excluding carboxylic acids is 2. The first kappa shape index (κ1) is 22.0. The van der Waals surface area contributed by atoms with Crippen LogP contribution >= 0.6 is 0 Å². The molecule has 0 radical (unpaired) electrons. The summed E-state index contributed by atoms with van der Waals surface area (Å²) >= 11 is 0. The second-order valence-electron chi connectivity index (χ2n) is 5.41. The van der Waals surface area contributed by atoms with Crippen molar-refractivity contribution < 1.29 is 38.4 Å². The number of rotatable bonds is 9. The Balaban J connectivity index is 2.04. The monoisotopic (exact) mass is 421 g/mol. The van der Waals surface area contributed by atoms with Gasteiger partial charge in [0.05, 0.1) is 36.3 Å². The second kappa shape index (κ2) is 9.77. The highest BCUT2D eigenvalue weighted by Gasteiger charge is 2.24. The molecule has 1 aromatic heterocycles. The van der Waals surface area contributed by atoms with E-state index in [-0.39, 0.29) is 30.3 Å². The molecule has 0 fully saturated rings. The number of aromatic nitrogens is 1. The van der Waals surface area contributed by atoms with E-state index in [0.717, 1.165) is 38.6 Å². The van der Waals surface area contributed by atoms with Gasteiger partial charge in [0.25, 0.3) is 5.69 Å². The fourth-order valence-corrected chi connectivity index (χ4v) is 2.26. The number of benzene rings is 1. The summed E-state index contributed by atoms with van der Waals surface area (Å²) in [6.45, 7) is -0.147. The summed E-state index contributed by atoms with van der Waals surface area (Å²) in [5.74, 6) is -1.70. The van der Waals surface area contributed by atoms with E-state index in [9.17, 15) is 29.8 Å². The summed E-state index contributed by atoms with van der Waals surface area (Å²) < 4.78 is 19.6. The van der Waals surface area contributed by atoms with Gasteiger partial charge in [-0.15, -0.1) is 0 Å². The second-order valence-corrected chi connectivity index (χ2v) is 5.41. The van der Waals surface area contributed by atoms with Gasteiger partial charge >= 0.3 is 17.6 Å². The lowest BCUT2D eigenvalue weighted by Gasteiger charge is -2.10. The minimum absolute atomic E-state index is 0.0110. The van der Waals surface area contributed by atoms with Gasteiger partial charge in [0.1, 0.15) is 30.3 Å². The summed E-state index contributed by atoms with van der Waals surface area (Å²) in [6.07, 6.45) is 1.11. The van der Waals surface area contributed by atoms with E-state index in [0.29, 0.717) is 0 Å². The van der Waals surface area contributed by atoms with Crippen LogP contribution in [-0.4, -0.2) is 54.2 Å². The Labute approximate surface area is 168 Å². The standard InChI is InChI=1S/C17H15N3O10/c1-27-16(21)12-7-10(3-4-13(12)19(23)24)29-5-6-30-11-8-14(20(25)26)15(18-9-11)17(22)28-2/h3-4,7-9H,5-6H2,1-2H3. The van der Waals surface area contributed by atoms with E-state index in [1.54, 1.807) is 0 Å². The van der Waals surface area contributed by atoms with Crippen molar-refractivity contribution in [3.05, 3.63) is 61.9 Å². The molecule has 2 rings (SSSR count). The van der Waals surface area contributed by atoms with Crippen LogP contribution in [0.2, 0.25) is 0 Å². The average molecular weight is 421 g/mol. The molecular weight excluding hydrogens is 406 g/mol. The molecule has 0 amide bonds. The zero-order valence-corrected chi connectivity index (χ0v) is 15.7. The smallest absolute Gasteiger partial charge is 0.363 e. The highest BCUT2D eigenvalue weighted by molar-refractivity contribution is 5.94. The molecule has 0 atom stereocenters. The van der Waals surface area contributed by atoms with Crippen LogP contribution in [-0.2, 0) is 9.47 Å². The molecule has 0 bridgehead atoms. The summed E-state index contributed by atoms with van der Waals surface area (Å²) in [5, 5.41) is 22.1. The Morgan fingerprint density at radius 2 is 1.50 bits per heavy atom. The Bertz CT molecular complexity index is 992. The van der Waals surface area contributed by atoms with Crippen molar-refractivity contribution in [2.45, 2.75) is 0 Å². The van der Waals surface area contributed by atoms with Gasteiger partial charge in [-0.1, -0.05) is 0 Å². The summed E-state index contributed by atoms with van der Waals surface area (Å²) in [7, 11) is 2.16. The molecule has 158 valence electrons. The first-order valence-electron chi connectivity index (χ1n) is 8.13. The SMILES string of the molecule is COC(=O)c1cc(OCCOc2cnc(C(=O)OC)c([N+](=O)[O-])c2)ccc1[N+](=O)[O-]. The number of carbonyl (C=O) groups is 2. The quantitative estimate of drug-likeness (QED) is 0.251. The molecule has 0 aliphatic rings. The molecule has 0 aliphatic heterocycles. The normalized spacial score (nSPS) is 10.1. The average Bonchev–Trinajstić information content (AvgIpc) is 2.75. The van der Waals surface area contributed by atoms with Crippen LogP contribution in [0.3, 0.4) is 0 Å². The Morgan fingerprint density at radius 1 is 0.900 bits per heavy atom. The topological polar surface area (TPSA) is 170 Å². The van der Waals surface area contributed by atoms with E-state index < -0.39 is 38.9 Å². The number of hydrogen-bond donors (Lipinski definition) is 0. The van der Waals surface area contributed by atoms with Crippen LogP contribution in [0, 0.1) is 20.2 Å². The minimum atomic E-state index is -0.962. The van der Waals surface area contributed by atoms with E-state index in [1.165, 1.54) is 6.07 Å². The molecule has 0 aliphatic carbocycles. The van der Waals surface area contributed by atoms with Crippen LogP contribution in [0.4, 0.5) is 11.4 Å². The summed E-state index contributed by atoms with van der Waals surface area (Å²) in [6, 6.07) is 4.56. The molecule has 13 nitrogen and oxygen atoms in total.